The zero-order chi connectivity index (χ0) is 14.1. The molecule has 20 heavy (non-hydrogen) atoms. The van der Waals surface area contributed by atoms with Crippen molar-refractivity contribution in [3.63, 3.8) is 0 Å². The maximum Gasteiger partial charge on any atom is 0.274 e. The summed E-state index contributed by atoms with van der Waals surface area (Å²) in [5.41, 5.74) is 2.41. The van der Waals surface area contributed by atoms with Crippen LogP contribution in [-0.4, -0.2) is 33.4 Å². The summed E-state index contributed by atoms with van der Waals surface area (Å²) >= 11 is 3.42. The Labute approximate surface area is 126 Å². The van der Waals surface area contributed by atoms with Crippen molar-refractivity contribution < 1.29 is 4.79 Å². The summed E-state index contributed by atoms with van der Waals surface area (Å²) in [4.78, 5) is 18.9. The predicted molar refractivity (Wildman–Crippen MR) is 81.5 cm³/mol. The van der Waals surface area contributed by atoms with E-state index in [-0.39, 0.29) is 5.91 Å². The van der Waals surface area contributed by atoms with Crippen LogP contribution in [0, 0.1) is 0 Å². The highest BCUT2D eigenvalue weighted by Gasteiger charge is 2.26. The highest BCUT2D eigenvalue weighted by molar-refractivity contribution is 9.10. The van der Waals surface area contributed by atoms with E-state index in [9.17, 15) is 4.79 Å². The molecule has 3 rings (SSSR count). The lowest BCUT2D eigenvalue weighted by molar-refractivity contribution is 0.0788. The number of halogens is 1. The van der Waals surface area contributed by atoms with Gasteiger partial charge in [-0.3, -0.25) is 4.79 Å². The van der Waals surface area contributed by atoms with Gasteiger partial charge in [0.05, 0.1) is 5.69 Å². The van der Waals surface area contributed by atoms with Crippen LogP contribution in [-0.2, 0) is 7.05 Å². The molecule has 5 heteroatoms. The lowest BCUT2D eigenvalue weighted by atomic mass is 10.1. The van der Waals surface area contributed by atoms with Gasteiger partial charge in [-0.25, -0.2) is 4.98 Å². The second kappa shape index (κ2) is 5.40. The fraction of sp³-hybridized carbons (Fsp3) is 0.333. The van der Waals surface area contributed by atoms with Crippen molar-refractivity contribution in [2.24, 2.45) is 7.05 Å². The molecule has 0 spiro atoms. The molecule has 1 fully saturated rings. The number of rotatable bonds is 2. The summed E-state index contributed by atoms with van der Waals surface area (Å²) in [7, 11) is 1.92. The fourth-order valence-corrected chi connectivity index (χ4v) is 2.97. The molecule has 0 N–H and O–H groups in total. The molecule has 0 atom stereocenters. The van der Waals surface area contributed by atoms with Crippen LogP contribution < -0.4 is 0 Å². The van der Waals surface area contributed by atoms with Gasteiger partial charge in [0.1, 0.15) is 0 Å². The van der Waals surface area contributed by atoms with E-state index in [1.165, 1.54) is 0 Å². The molecule has 1 aromatic heterocycles. The standard InChI is InChI=1S/C15H16BrN3O/c1-18-13(11-7-3-2-4-8-11)12(17-15(18)16)14(20)19-9-5-6-10-19/h2-4,7-8H,5-6,9-10H2,1H3. The van der Waals surface area contributed by atoms with E-state index in [2.05, 4.69) is 20.9 Å². The van der Waals surface area contributed by atoms with Gasteiger partial charge in [-0.1, -0.05) is 30.3 Å². The summed E-state index contributed by atoms with van der Waals surface area (Å²) in [6.07, 6.45) is 2.17. The molecular weight excluding hydrogens is 318 g/mol. The van der Waals surface area contributed by atoms with E-state index in [4.69, 9.17) is 0 Å². The van der Waals surface area contributed by atoms with E-state index < -0.39 is 0 Å². The molecule has 1 aromatic carbocycles. The monoisotopic (exact) mass is 333 g/mol. The Morgan fingerprint density at radius 1 is 1.20 bits per heavy atom. The Kier molecular flexibility index (Phi) is 3.61. The van der Waals surface area contributed by atoms with Crippen molar-refractivity contribution in [2.75, 3.05) is 13.1 Å². The number of hydrogen-bond donors (Lipinski definition) is 0. The molecule has 0 saturated carbocycles. The molecule has 0 unspecified atom stereocenters. The van der Waals surface area contributed by atoms with E-state index in [0.717, 1.165) is 37.2 Å². The molecule has 2 aromatic rings. The number of amides is 1. The first-order chi connectivity index (χ1) is 9.68. The van der Waals surface area contributed by atoms with Crippen molar-refractivity contribution in [3.8, 4) is 11.3 Å². The third-order valence-electron chi connectivity index (χ3n) is 3.68. The Morgan fingerprint density at radius 3 is 2.50 bits per heavy atom. The molecule has 2 heterocycles. The molecule has 1 aliphatic rings. The number of carbonyl (C=O) groups is 1. The third-order valence-corrected chi connectivity index (χ3v) is 4.39. The minimum absolute atomic E-state index is 0.0302. The molecule has 104 valence electrons. The van der Waals surface area contributed by atoms with Gasteiger partial charge in [-0.2, -0.15) is 0 Å². The molecule has 4 nitrogen and oxygen atoms in total. The van der Waals surface area contributed by atoms with E-state index in [1.807, 2.05) is 46.8 Å². The SMILES string of the molecule is Cn1c(Br)nc(C(=O)N2CCCC2)c1-c1ccccc1. The van der Waals surface area contributed by atoms with Gasteiger partial charge in [0.25, 0.3) is 5.91 Å². The van der Waals surface area contributed by atoms with E-state index in [1.54, 1.807) is 0 Å². The van der Waals surface area contributed by atoms with Crippen LogP contribution >= 0.6 is 15.9 Å². The number of benzene rings is 1. The first-order valence-electron chi connectivity index (χ1n) is 6.75. The van der Waals surface area contributed by atoms with Crippen LogP contribution in [0.2, 0.25) is 0 Å². The molecule has 1 aliphatic heterocycles. The number of aromatic nitrogens is 2. The second-order valence-corrected chi connectivity index (χ2v) is 5.71. The minimum atomic E-state index is 0.0302. The zero-order valence-corrected chi connectivity index (χ0v) is 12.9. The molecular formula is C15H16BrN3O. The predicted octanol–water partition coefficient (Wildman–Crippen LogP) is 3.09. The summed E-state index contributed by atoms with van der Waals surface area (Å²) in [5, 5.41) is 0. The lowest BCUT2D eigenvalue weighted by Gasteiger charge is -2.15. The van der Waals surface area contributed by atoms with Crippen LogP contribution in [0.4, 0.5) is 0 Å². The van der Waals surface area contributed by atoms with Gasteiger partial charge >= 0.3 is 0 Å². The molecule has 0 radical (unpaired) electrons. The molecule has 1 amide bonds. The van der Waals surface area contributed by atoms with Gasteiger partial charge < -0.3 is 9.47 Å². The van der Waals surface area contributed by atoms with E-state index >= 15 is 0 Å². The average Bonchev–Trinajstić information content (AvgIpc) is 3.09. The Morgan fingerprint density at radius 2 is 1.85 bits per heavy atom. The molecule has 0 bridgehead atoms. The summed E-state index contributed by atoms with van der Waals surface area (Å²) in [5.74, 6) is 0.0302. The zero-order valence-electron chi connectivity index (χ0n) is 11.3. The summed E-state index contributed by atoms with van der Waals surface area (Å²) in [6.45, 7) is 1.67. The van der Waals surface area contributed by atoms with Gasteiger partial charge in [0, 0.05) is 25.7 Å². The quantitative estimate of drug-likeness (QED) is 0.846. The van der Waals surface area contributed by atoms with Crippen LogP contribution in [0.3, 0.4) is 0 Å². The highest BCUT2D eigenvalue weighted by Crippen LogP contribution is 2.28. The van der Waals surface area contributed by atoms with Crippen molar-refractivity contribution in [1.29, 1.82) is 0 Å². The maximum absolute atomic E-state index is 12.6. The number of hydrogen-bond acceptors (Lipinski definition) is 2. The topological polar surface area (TPSA) is 38.1 Å². The number of carbonyl (C=O) groups excluding carboxylic acids is 1. The molecule has 0 aliphatic carbocycles. The van der Waals surface area contributed by atoms with Gasteiger partial charge in [0.2, 0.25) is 0 Å². The van der Waals surface area contributed by atoms with Gasteiger partial charge in [0.15, 0.2) is 10.4 Å². The average molecular weight is 334 g/mol. The van der Waals surface area contributed by atoms with Crippen LogP contribution in [0.25, 0.3) is 11.3 Å². The first kappa shape index (κ1) is 13.4. The van der Waals surface area contributed by atoms with Crippen molar-refractivity contribution in [3.05, 3.63) is 40.8 Å². The smallest absolute Gasteiger partial charge is 0.274 e. The Bertz CT molecular complexity index is 630. The fourth-order valence-electron chi connectivity index (χ4n) is 2.62. The highest BCUT2D eigenvalue weighted by atomic mass is 79.9. The molecule has 1 saturated heterocycles. The number of likely N-dealkylation sites (tertiary alicyclic amines) is 1. The van der Waals surface area contributed by atoms with Gasteiger partial charge in [-0.15, -0.1) is 0 Å². The Hall–Kier alpha value is -1.62. The lowest BCUT2D eigenvalue weighted by Crippen LogP contribution is -2.28. The minimum Gasteiger partial charge on any atom is -0.337 e. The van der Waals surface area contributed by atoms with Crippen molar-refractivity contribution in [1.82, 2.24) is 14.5 Å². The van der Waals surface area contributed by atoms with Crippen LogP contribution in [0.15, 0.2) is 35.1 Å². The maximum atomic E-state index is 12.6. The summed E-state index contributed by atoms with van der Waals surface area (Å²) in [6, 6.07) is 9.92. The second-order valence-electron chi connectivity index (χ2n) is 5.00. The number of nitrogens with zero attached hydrogens (tertiary/aromatic N) is 3. The Balaban J connectivity index is 2.07. The van der Waals surface area contributed by atoms with E-state index in [0.29, 0.717) is 10.4 Å². The first-order valence-corrected chi connectivity index (χ1v) is 7.54. The number of imidazole rings is 1. The van der Waals surface area contributed by atoms with Gasteiger partial charge in [-0.05, 0) is 28.8 Å². The third kappa shape index (κ3) is 2.26. The van der Waals surface area contributed by atoms with Crippen molar-refractivity contribution in [2.45, 2.75) is 12.8 Å². The van der Waals surface area contributed by atoms with Crippen LogP contribution in [0.5, 0.6) is 0 Å². The largest absolute Gasteiger partial charge is 0.337 e. The normalized spacial score (nSPS) is 14.8. The van der Waals surface area contributed by atoms with Crippen LogP contribution in [0.1, 0.15) is 23.3 Å². The summed E-state index contributed by atoms with van der Waals surface area (Å²) < 4.78 is 2.59. The van der Waals surface area contributed by atoms with Crippen molar-refractivity contribution >= 4 is 21.8 Å².